The number of rotatable bonds is 9. The number of allylic oxidation sites excluding steroid dienone is 4. The van der Waals surface area contributed by atoms with E-state index in [4.69, 9.17) is 19.4 Å². The molecule has 9 nitrogen and oxygen atoms in total. The molecule has 0 saturated carbocycles. The Bertz CT molecular complexity index is 1270. The summed E-state index contributed by atoms with van der Waals surface area (Å²) in [6.07, 6.45) is 11.7. The molecule has 2 N–H and O–H groups in total. The number of hydrogen-bond acceptors (Lipinski definition) is 7. The fourth-order valence-electron chi connectivity index (χ4n) is 3.01. The minimum absolute atomic E-state index is 0.0165. The summed E-state index contributed by atoms with van der Waals surface area (Å²) in [5.74, 6) is 0.353. The Morgan fingerprint density at radius 2 is 1.38 bits per heavy atom. The highest BCUT2D eigenvalue weighted by Crippen LogP contribution is 2.22. The summed E-state index contributed by atoms with van der Waals surface area (Å²) in [6.45, 7) is 12.1. The van der Waals surface area contributed by atoms with Crippen molar-refractivity contribution in [3.8, 4) is 11.3 Å². The van der Waals surface area contributed by atoms with E-state index < -0.39 is 22.5 Å². The average molecular weight is 648 g/mol. The summed E-state index contributed by atoms with van der Waals surface area (Å²) < 4.78 is 33.5. The van der Waals surface area contributed by atoms with E-state index in [9.17, 15) is 13.2 Å². The van der Waals surface area contributed by atoms with Crippen molar-refractivity contribution in [1.82, 2.24) is 4.31 Å². The maximum absolute atomic E-state index is 11.6. The zero-order chi connectivity index (χ0) is 35.1. The Morgan fingerprint density at radius 1 is 0.889 bits per heavy atom. The average Bonchev–Trinajstić information content (AvgIpc) is 3.46. The highest BCUT2D eigenvalue weighted by Gasteiger charge is 2.20. The molecule has 0 aliphatic carbocycles. The normalized spacial score (nSPS) is 9.93. The van der Waals surface area contributed by atoms with Crippen molar-refractivity contribution in [3.05, 3.63) is 108 Å². The second kappa shape index (κ2) is 30.1. The predicted molar refractivity (Wildman–Crippen MR) is 184 cm³/mol. The Hall–Kier alpha value is -3.99. The van der Waals surface area contributed by atoms with Crippen molar-refractivity contribution in [2.45, 2.75) is 60.9 Å². The van der Waals surface area contributed by atoms with Gasteiger partial charge < -0.3 is 19.4 Å². The summed E-state index contributed by atoms with van der Waals surface area (Å²) in [4.78, 5) is 19.7. The number of carboxylic acid groups (broad SMARTS) is 1. The molecule has 0 radical (unpaired) electrons. The number of aliphatic hydroxyl groups is 1. The van der Waals surface area contributed by atoms with Crippen LogP contribution >= 0.6 is 0 Å². The molecule has 0 bridgehead atoms. The maximum Gasteiger partial charge on any atom is 0.318 e. The van der Waals surface area contributed by atoms with Gasteiger partial charge in [-0.25, -0.2) is 8.42 Å². The first-order valence-corrected chi connectivity index (χ1v) is 16.2. The standard InChI is InChI=1S/C15H17NO5S.C7H8.2C5H10.C2H4O2.CH4O/c1-11-3-8-14(21-11)13-6-4-12(5-7-13)9-16(10-15(17)18)22(2,19)20;1-7-5-3-2-4-6-7;2*1-3-5-4-2;1-4-2-3;1-2/h3-8H,9-10H2,1-2H3,(H,17,18);2-6H,1H3;2*3,5H,4H2,1-2H3;2H,1H3;2H,1H3/b;;5-3+;5-3-;;. The molecule has 10 heteroatoms. The summed E-state index contributed by atoms with van der Waals surface area (Å²) in [7, 11) is -1.27. The summed E-state index contributed by atoms with van der Waals surface area (Å²) >= 11 is 0. The van der Waals surface area contributed by atoms with Gasteiger partial charge in [-0.2, -0.15) is 4.31 Å². The predicted octanol–water partition coefficient (Wildman–Crippen LogP) is 7.44. The third-order valence-corrected chi connectivity index (χ3v) is 6.29. The van der Waals surface area contributed by atoms with Crippen LogP contribution in [-0.4, -0.2) is 62.4 Å². The van der Waals surface area contributed by atoms with E-state index in [1.54, 1.807) is 12.1 Å². The van der Waals surface area contributed by atoms with Crippen molar-refractivity contribution < 1.29 is 37.4 Å². The number of aliphatic carboxylic acids is 1. The molecule has 0 aliphatic rings. The molecule has 3 aromatic rings. The number of methoxy groups -OCH3 is 1. The molecule has 0 fully saturated rings. The zero-order valence-corrected chi connectivity index (χ0v) is 29.1. The van der Waals surface area contributed by atoms with Crippen molar-refractivity contribution >= 4 is 22.5 Å². The monoisotopic (exact) mass is 647 g/mol. The lowest BCUT2D eigenvalue weighted by atomic mass is 10.1. The molecule has 0 spiro atoms. The van der Waals surface area contributed by atoms with E-state index in [2.05, 4.69) is 61.9 Å². The van der Waals surface area contributed by atoms with Gasteiger partial charge in [-0.1, -0.05) is 98.3 Å². The number of sulfonamides is 1. The van der Waals surface area contributed by atoms with Crippen LogP contribution < -0.4 is 0 Å². The van der Waals surface area contributed by atoms with Gasteiger partial charge >= 0.3 is 5.97 Å². The maximum atomic E-state index is 11.6. The lowest BCUT2D eigenvalue weighted by molar-refractivity contribution is -0.137. The molecule has 252 valence electrons. The lowest BCUT2D eigenvalue weighted by Gasteiger charge is -2.17. The van der Waals surface area contributed by atoms with E-state index in [1.165, 1.54) is 12.7 Å². The number of carbonyl (C=O) groups is 2. The zero-order valence-electron chi connectivity index (χ0n) is 28.3. The van der Waals surface area contributed by atoms with Crippen LogP contribution in [0.25, 0.3) is 11.3 Å². The molecule has 3 rings (SSSR count). The number of nitrogens with zero attached hydrogens (tertiary/aromatic N) is 1. The fraction of sp³-hybridized carbons (Fsp3) is 0.371. The van der Waals surface area contributed by atoms with Gasteiger partial charge in [-0.05, 0) is 58.2 Å². The molecule has 0 saturated heterocycles. The van der Waals surface area contributed by atoms with E-state index in [0.717, 1.165) is 47.6 Å². The number of ether oxygens (including phenoxy) is 1. The van der Waals surface area contributed by atoms with Crippen LogP contribution in [-0.2, 0) is 30.9 Å². The first-order chi connectivity index (χ1) is 21.4. The minimum atomic E-state index is -3.58. The van der Waals surface area contributed by atoms with Crippen molar-refractivity contribution in [3.63, 3.8) is 0 Å². The van der Waals surface area contributed by atoms with E-state index in [0.29, 0.717) is 12.0 Å². The largest absolute Gasteiger partial charge is 0.480 e. The molecule has 45 heavy (non-hydrogen) atoms. The van der Waals surface area contributed by atoms with Crippen LogP contribution in [0.15, 0.2) is 95.5 Å². The van der Waals surface area contributed by atoms with E-state index in [-0.39, 0.29) is 6.54 Å². The molecule has 2 aromatic carbocycles. The second-order valence-electron chi connectivity index (χ2n) is 8.97. The molecule has 0 aliphatic heterocycles. The highest BCUT2D eigenvalue weighted by molar-refractivity contribution is 7.88. The molecule has 1 heterocycles. The van der Waals surface area contributed by atoms with Crippen molar-refractivity contribution in [2.75, 3.05) is 27.0 Å². The SMILES string of the molecule is C/C=C/CC.C/C=C\CC.CO.COC=O.Cc1ccc(-c2ccc(CN(CC(=O)O)S(C)(=O)=O)cc2)o1.Cc1ccccc1. The summed E-state index contributed by atoms with van der Waals surface area (Å²) in [5.41, 5.74) is 2.90. The Labute approximate surface area is 270 Å². The number of carbonyl (C=O) groups excluding carboxylic acids is 1. The number of hydrogen-bond donors (Lipinski definition) is 2. The van der Waals surface area contributed by atoms with Gasteiger partial charge in [0.15, 0.2) is 0 Å². The van der Waals surface area contributed by atoms with Gasteiger partial charge in [0.25, 0.3) is 6.47 Å². The van der Waals surface area contributed by atoms with Gasteiger partial charge in [0.1, 0.15) is 18.1 Å². The molecule has 0 unspecified atom stereocenters. The fourth-order valence-corrected chi connectivity index (χ4v) is 3.74. The Morgan fingerprint density at radius 3 is 1.64 bits per heavy atom. The van der Waals surface area contributed by atoms with E-state index in [1.807, 2.05) is 63.2 Å². The van der Waals surface area contributed by atoms with Crippen molar-refractivity contribution in [2.24, 2.45) is 0 Å². The molecule has 0 atom stereocenters. The molecular formula is C35H53NO8S. The van der Waals surface area contributed by atoms with Gasteiger partial charge in [0.05, 0.1) is 13.4 Å². The Balaban J connectivity index is -0.000000622. The van der Waals surface area contributed by atoms with Crippen LogP contribution in [0.1, 0.15) is 57.4 Å². The number of benzene rings is 2. The molecule has 1 aromatic heterocycles. The van der Waals surface area contributed by atoms with Gasteiger partial charge in [-0.3, -0.25) is 9.59 Å². The first-order valence-electron chi connectivity index (χ1n) is 14.4. The van der Waals surface area contributed by atoms with E-state index >= 15 is 0 Å². The minimum Gasteiger partial charge on any atom is -0.480 e. The third kappa shape index (κ3) is 27.3. The van der Waals surface area contributed by atoms with Gasteiger partial charge in [0.2, 0.25) is 10.0 Å². The van der Waals surface area contributed by atoms with Crippen molar-refractivity contribution in [1.29, 1.82) is 0 Å². The Kier molecular flexibility index (Phi) is 30.3. The van der Waals surface area contributed by atoms with Crippen LogP contribution in [0.5, 0.6) is 0 Å². The molecular weight excluding hydrogens is 594 g/mol. The van der Waals surface area contributed by atoms with Crippen LogP contribution in [0, 0.1) is 13.8 Å². The summed E-state index contributed by atoms with van der Waals surface area (Å²) in [6, 6.07) is 21.1. The van der Waals surface area contributed by atoms with Crippen LogP contribution in [0.4, 0.5) is 0 Å². The van der Waals surface area contributed by atoms with Gasteiger partial charge in [0, 0.05) is 19.2 Å². The molecule has 0 amide bonds. The second-order valence-corrected chi connectivity index (χ2v) is 11.0. The van der Waals surface area contributed by atoms with Crippen LogP contribution in [0.2, 0.25) is 0 Å². The highest BCUT2D eigenvalue weighted by atomic mass is 32.2. The number of aryl methyl sites for hydroxylation is 2. The van der Waals surface area contributed by atoms with Gasteiger partial charge in [-0.15, -0.1) is 0 Å². The quantitative estimate of drug-likeness (QED) is 0.181. The number of carboxylic acids is 1. The number of aliphatic hydroxyl groups excluding tert-OH is 1. The first kappa shape index (κ1) is 45.4. The number of furan rings is 1. The topological polar surface area (TPSA) is 134 Å². The smallest absolute Gasteiger partial charge is 0.318 e. The third-order valence-electron chi connectivity index (χ3n) is 5.10. The lowest BCUT2D eigenvalue weighted by Crippen LogP contribution is -2.34. The summed E-state index contributed by atoms with van der Waals surface area (Å²) in [5, 5.41) is 15.8. The van der Waals surface area contributed by atoms with Crippen LogP contribution in [0.3, 0.4) is 0 Å².